The number of carbonyl (C=O) groups excluding carboxylic acids is 1. The first kappa shape index (κ1) is 14.8. The second-order valence-corrected chi connectivity index (χ2v) is 4.79. The summed E-state index contributed by atoms with van der Waals surface area (Å²) < 4.78 is 3.30. The first-order chi connectivity index (χ1) is 10.1. The molecule has 0 aliphatic carbocycles. The van der Waals surface area contributed by atoms with Crippen molar-refractivity contribution in [2.45, 2.75) is 25.9 Å². The molecule has 0 aliphatic rings. The fraction of sp³-hybridized carbons (Fsp3) is 0.357. The number of hydrogen-bond acceptors (Lipinski definition) is 4. The molecule has 0 saturated heterocycles. The number of unbranched alkanes of at least 4 members (excludes halogenated alkanes) is 1. The second-order valence-electron chi connectivity index (χ2n) is 4.79. The molecule has 2 aromatic rings. The zero-order valence-electron chi connectivity index (χ0n) is 11.7. The maximum atomic E-state index is 11.7. The molecular formula is C14H19N5O2. The summed E-state index contributed by atoms with van der Waals surface area (Å²) in [6.07, 6.45) is 8.71. The van der Waals surface area contributed by atoms with Crippen LogP contribution in [0.2, 0.25) is 0 Å². The minimum atomic E-state index is -0.237. The molecule has 0 aromatic carbocycles. The summed E-state index contributed by atoms with van der Waals surface area (Å²) in [7, 11) is 0. The van der Waals surface area contributed by atoms with Crippen molar-refractivity contribution in [3.63, 3.8) is 0 Å². The molecule has 0 spiro atoms. The SMILES string of the molecule is Nc1ccc(=O)n(CC(=O)NCCCCn2ccnc2)c1. The van der Waals surface area contributed by atoms with Crippen LogP contribution in [0, 0.1) is 0 Å². The number of carbonyl (C=O) groups is 1. The molecule has 0 saturated carbocycles. The Morgan fingerprint density at radius 2 is 2.19 bits per heavy atom. The number of rotatable bonds is 7. The topological polar surface area (TPSA) is 94.9 Å². The molecule has 21 heavy (non-hydrogen) atoms. The van der Waals surface area contributed by atoms with Crippen LogP contribution in [0.5, 0.6) is 0 Å². The average Bonchev–Trinajstić information content (AvgIpc) is 2.96. The van der Waals surface area contributed by atoms with Gasteiger partial charge in [-0.25, -0.2) is 4.98 Å². The smallest absolute Gasteiger partial charge is 0.251 e. The van der Waals surface area contributed by atoms with E-state index in [0.29, 0.717) is 12.2 Å². The Hall–Kier alpha value is -2.57. The fourth-order valence-corrected chi connectivity index (χ4v) is 1.95. The van der Waals surface area contributed by atoms with E-state index in [0.717, 1.165) is 19.4 Å². The lowest BCUT2D eigenvalue weighted by Crippen LogP contribution is -2.32. The summed E-state index contributed by atoms with van der Waals surface area (Å²) >= 11 is 0. The van der Waals surface area contributed by atoms with Crippen LogP contribution in [0.4, 0.5) is 5.69 Å². The van der Waals surface area contributed by atoms with Gasteiger partial charge in [0.15, 0.2) is 0 Å². The molecular weight excluding hydrogens is 270 g/mol. The van der Waals surface area contributed by atoms with E-state index in [2.05, 4.69) is 10.3 Å². The van der Waals surface area contributed by atoms with E-state index >= 15 is 0 Å². The number of nitrogens with two attached hydrogens (primary N) is 1. The number of pyridine rings is 1. The summed E-state index contributed by atoms with van der Waals surface area (Å²) in [5.74, 6) is -0.190. The van der Waals surface area contributed by atoms with Crippen molar-refractivity contribution < 1.29 is 4.79 Å². The second kappa shape index (κ2) is 7.28. The highest BCUT2D eigenvalue weighted by Gasteiger charge is 2.04. The Bertz CT molecular complexity index is 633. The molecule has 0 aliphatic heterocycles. The van der Waals surface area contributed by atoms with Crippen molar-refractivity contribution in [1.29, 1.82) is 0 Å². The number of imidazole rings is 1. The predicted molar refractivity (Wildman–Crippen MR) is 79.6 cm³/mol. The molecule has 7 heteroatoms. The quantitative estimate of drug-likeness (QED) is 0.713. The molecule has 2 heterocycles. The molecule has 0 radical (unpaired) electrons. The minimum absolute atomic E-state index is 0.00854. The number of nitrogens with one attached hydrogen (secondary N) is 1. The molecule has 2 rings (SSSR count). The van der Waals surface area contributed by atoms with Crippen LogP contribution in [0.15, 0.2) is 41.8 Å². The number of nitrogens with zero attached hydrogens (tertiary/aromatic N) is 3. The van der Waals surface area contributed by atoms with Gasteiger partial charge in [0, 0.05) is 43.4 Å². The van der Waals surface area contributed by atoms with Gasteiger partial charge in [0.25, 0.3) is 5.56 Å². The minimum Gasteiger partial charge on any atom is -0.398 e. The van der Waals surface area contributed by atoms with Gasteiger partial charge in [-0.2, -0.15) is 0 Å². The highest BCUT2D eigenvalue weighted by Crippen LogP contribution is 1.96. The molecule has 1 amide bonds. The van der Waals surface area contributed by atoms with Crippen LogP contribution < -0.4 is 16.6 Å². The molecule has 3 N–H and O–H groups in total. The summed E-state index contributed by atoms with van der Waals surface area (Å²) in [6, 6.07) is 2.88. The van der Waals surface area contributed by atoms with Crippen molar-refractivity contribution in [2.75, 3.05) is 12.3 Å². The maximum absolute atomic E-state index is 11.7. The maximum Gasteiger partial charge on any atom is 0.251 e. The molecule has 0 unspecified atom stereocenters. The van der Waals surface area contributed by atoms with Crippen molar-refractivity contribution in [3.8, 4) is 0 Å². The van der Waals surface area contributed by atoms with Gasteiger partial charge >= 0.3 is 0 Å². The van der Waals surface area contributed by atoms with Crippen molar-refractivity contribution >= 4 is 11.6 Å². The van der Waals surface area contributed by atoms with Gasteiger partial charge in [0.05, 0.1) is 6.33 Å². The van der Waals surface area contributed by atoms with Crippen LogP contribution in [-0.2, 0) is 17.9 Å². The Kier molecular flexibility index (Phi) is 5.14. The largest absolute Gasteiger partial charge is 0.398 e. The lowest BCUT2D eigenvalue weighted by molar-refractivity contribution is -0.121. The number of aromatic nitrogens is 3. The van der Waals surface area contributed by atoms with Crippen LogP contribution in [-0.4, -0.2) is 26.6 Å². The van der Waals surface area contributed by atoms with Crippen molar-refractivity contribution in [3.05, 3.63) is 47.4 Å². The van der Waals surface area contributed by atoms with Crippen LogP contribution in [0.3, 0.4) is 0 Å². The van der Waals surface area contributed by atoms with E-state index < -0.39 is 0 Å². The van der Waals surface area contributed by atoms with Gasteiger partial charge in [-0.15, -0.1) is 0 Å². The number of anilines is 1. The Morgan fingerprint density at radius 3 is 2.95 bits per heavy atom. The van der Waals surface area contributed by atoms with Crippen molar-refractivity contribution in [1.82, 2.24) is 19.4 Å². The highest BCUT2D eigenvalue weighted by molar-refractivity contribution is 5.75. The predicted octanol–water partition coefficient (Wildman–Crippen LogP) is 0.224. The van der Waals surface area contributed by atoms with E-state index in [-0.39, 0.29) is 18.0 Å². The summed E-state index contributed by atoms with van der Waals surface area (Å²) in [5, 5.41) is 2.79. The lowest BCUT2D eigenvalue weighted by atomic mass is 10.3. The summed E-state index contributed by atoms with van der Waals surface area (Å²) in [4.78, 5) is 27.2. The van der Waals surface area contributed by atoms with E-state index in [4.69, 9.17) is 5.73 Å². The first-order valence-corrected chi connectivity index (χ1v) is 6.83. The van der Waals surface area contributed by atoms with Gasteiger partial charge in [-0.1, -0.05) is 0 Å². The summed E-state index contributed by atoms with van der Waals surface area (Å²) in [6.45, 7) is 1.46. The van der Waals surface area contributed by atoms with Crippen LogP contribution >= 0.6 is 0 Å². The van der Waals surface area contributed by atoms with Gasteiger partial charge in [-0.05, 0) is 18.9 Å². The normalized spacial score (nSPS) is 10.5. The van der Waals surface area contributed by atoms with Gasteiger partial charge < -0.3 is 20.2 Å². The first-order valence-electron chi connectivity index (χ1n) is 6.83. The van der Waals surface area contributed by atoms with E-state index in [1.807, 2.05) is 10.8 Å². The Morgan fingerprint density at radius 1 is 1.33 bits per heavy atom. The molecule has 2 aromatic heterocycles. The zero-order valence-corrected chi connectivity index (χ0v) is 11.7. The molecule has 0 bridgehead atoms. The standard InChI is InChI=1S/C14H19N5O2/c15-12-3-4-14(21)19(9-12)10-13(20)17-5-1-2-7-18-8-6-16-11-18/h3-4,6,8-9,11H,1-2,5,7,10,15H2,(H,17,20). The van der Waals surface area contributed by atoms with Crippen LogP contribution in [0.25, 0.3) is 0 Å². The van der Waals surface area contributed by atoms with E-state index in [1.165, 1.54) is 22.9 Å². The number of aryl methyl sites for hydroxylation is 1. The number of amides is 1. The fourth-order valence-electron chi connectivity index (χ4n) is 1.95. The third kappa shape index (κ3) is 4.79. The number of nitrogen functional groups attached to an aromatic ring is 1. The zero-order chi connectivity index (χ0) is 15.1. The Labute approximate surface area is 122 Å². The molecule has 112 valence electrons. The van der Waals surface area contributed by atoms with Gasteiger partial charge in [0.2, 0.25) is 5.91 Å². The van der Waals surface area contributed by atoms with Crippen molar-refractivity contribution in [2.24, 2.45) is 0 Å². The summed E-state index contributed by atoms with van der Waals surface area (Å²) in [5.41, 5.74) is 5.81. The number of hydrogen-bond donors (Lipinski definition) is 2. The third-order valence-corrected chi connectivity index (χ3v) is 3.04. The monoisotopic (exact) mass is 289 g/mol. The van der Waals surface area contributed by atoms with Gasteiger partial charge in [0.1, 0.15) is 6.54 Å². The van der Waals surface area contributed by atoms with Gasteiger partial charge in [-0.3, -0.25) is 9.59 Å². The lowest BCUT2D eigenvalue weighted by Gasteiger charge is -2.08. The average molecular weight is 289 g/mol. The Balaban J connectivity index is 1.67. The molecule has 0 atom stereocenters. The molecule has 0 fully saturated rings. The van der Waals surface area contributed by atoms with E-state index in [1.54, 1.807) is 12.5 Å². The highest BCUT2D eigenvalue weighted by atomic mass is 16.2. The van der Waals surface area contributed by atoms with E-state index in [9.17, 15) is 9.59 Å². The molecule has 7 nitrogen and oxygen atoms in total. The van der Waals surface area contributed by atoms with Crippen LogP contribution in [0.1, 0.15) is 12.8 Å². The third-order valence-electron chi connectivity index (χ3n) is 3.04.